The molecular formula is C8H6N2O2S2. The van der Waals surface area contributed by atoms with E-state index in [1.807, 2.05) is 11.4 Å². The van der Waals surface area contributed by atoms with Crippen LogP contribution in [0.5, 0.6) is 0 Å². The normalized spacial score (nSPS) is 11.7. The Morgan fingerprint density at radius 3 is 3.00 bits per heavy atom. The van der Waals surface area contributed by atoms with Crippen LogP contribution in [0, 0.1) is 0 Å². The van der Waals surface area contributed by atoms with Gasteiger partial charge in [0.15, 0.2) is 0 Å². The first-order valence-electron chi connectivity index (χ1n) is 3.71. The summed E-state index contributed by atoms with van der Waals surface area (Å²) in [5, 5.41) is 3.34. The first-order chi connectivity index (χ1) is 6.63. The van der Waals surface area contributed by atoms with E-state index in [4.69, 9.17) is 0 Å². The molecular weight excluding hydrogens is 220 g/mol. The Morgan fingerprint density at radius 1 is 1.50 bits per heavy atom. The van der Waals surface area contributed by atoms with Crippen molar-refractivity contribution in [2.24, 2.45) is 0 Å². The van der Waals surface area contributed by atoms with Gasteiger partial charge >= 0.3 is 0 Å². The molecule has 2 heterocycles. The number of nitrogens with zero attached hydrogens (tertiary/aromatic N) is 2. The van der Waals surface area contributed by atoms with Crippen molar-refractivity contribution in [1.29, 1.82) is 0 Å². The molecule has 14 heavy (non-hydrogen) atoms. The van der Waals surface area contributed by atoms with Crippen molar-refractivity contribution in [3.05, 3.63) is 29.6 Å². The third-order valence-corrected chi connectivity index (χ3v) is 3.63. The molecule has 0 saturated carbocycles. The summed E-state index contributed by atoms with van der Waals surface area (Å²) in [7, 11) is -3.52. The van der Waals surface area contributed by atoms with Gasteiger partial charge in [-0.1, -0.05) is 6.58 Å². The molecule has 0 saturated heterocycles. The highest BCUT2D eigenvalue weighted by molar-refractivity contribution is 7.94. The zero-order valence-corrected chi connectivity index (χ0v) is 8.68. The third kappa shape index (κ3) is 1.42. The quantitative estimate of drug-likeness (QED) is 0.730. The van der Waals surface area contributed by atoms with Crippen LogP contribution in [0.25, 0.3) is 10.2 Å². The smallest absolute Gasteiger partial charge is 0.226 e. The predicted molar refractivity (Wildman–Crippen MR) is 54.8 cm³/mol. The highest BCUT2D eigenvalue weighted by Crippen LogP contribution is 2.18. The summed E-state index contributed by atoms with van der Waals surface area (Å²) < 4.78 is 22.7. The maximum Gasteiger partial charge on any atom is 0.252 e. The summed E-state index contributed by atoms with van der Waals surface area (Å²) in [6, 6.07) is 1.84. The number of hydrogen-bond acceptors (Lipinski definition) is 5. The number of thiophene rings is 1. The molecule has 0 unspecified atom stereocenters. The van der Waals surface area contributed by atoms with E-state index in [2.05, 4.69) is 16.5 Å². The molecule has 0 bridgehead atoms. The Morgan fingerprint density at radius 2 is 2.29 bits per heavy atom. The van der Waals surface area contributed by atoms with E-state index in [0.717, 1.165) is 10.8 Å². The first kappa shape index (κ1) is 9.29. The lowest BCUT2D eigenvalue weighted by atomic mass is 10.4. The average Bonchev–Trinajstić information content (AvgIpc) is 2.64. The second kappa shape index (κ2) is 3.14. The zero-order chi connectivity index (χ0) is 10.2. The number of sulfone groups is 1. The molecule has 2 rings (SSSR count). The van der Waals surface area contributed by atoms with Crippen LogP contribution in [-0.4, -0.2) is 18.4 Å². The van der Waals surface area contributed by atoms with Crippen LogP contribution >= 0.6 is 11.3 Å². The molecule has 0 aliphatic carbocycles. The van der Waals surface area contributed by atoms with Gasteiger partial charge in [-0.15, -0.1) is 11.3 Å². The van der Waals surface area contributed by atoms with Crippen molar-refractivity contribution < 1.29 is 8.42 Å². The summed E-state index contributed by atoms with van der Waals surface area (Å²) in [4.78, 5) is 8.35. The van der Waals surface area contributed by atoms with Crippen LogP contribution in [-0.2, 0) is 9.84 Å². The number of rotatable bonds is 2. The maximum absolute atomic E-state index is 11.3. The molecule has 0 aliphatic rings. The fourth-order valence-corrected chi connectivity index (χ4v) is 2.32. The van der Waals surface area contributed by atoms with Gasteiger partial charge < -0.3 is 0 Å². The lowest BCUT2D eigenvalue weighted by Crippen LogP contribution is -2.01. The molecule has 0 aromatic carbocycles. The third-order valence-electron chi connectivity index (χ3n) is 1.66. The molecule has 0 radical (unpaired) electrons. The topological polar surface area (TPSA) is 59.9 Å². The second-order valence-electron chi connectivity index (χ2n) is 2.55. The van der Waals surface area contributed by atoms with E-state index < -0.39 is 9.84 Å². The molecule has 0 spiro atoms. The van der Waals surface area contributed by atoms with E-state index in [-0.39, 0.29) is 5.16 Å². The zero-order valence-electron chi connectivity index (χ0n) is 7.04. The fraction of sp³-hybridized carbons (Fsp3) is 0. The molecule has 0 atom stereocenters. The van der Waals surface area contributed by atoms with Gasteiger partial charge in [-0.2, -0.15) is 0 Å². The minimum atomic E-state index is -3.52. The van der Waals surface area contributed by atoms with Gasteiger partial charge in [0.25, 0.3) is 5.16 Å². The van der Waals surface area contributed by atoms with Gasteiger partial charge in [0, 0.05) is 17.0 Å². The fourth-order valence-electron chi connectivity index (χ4n) is 0.952. The van der Waals surface area contributed by atoms with Crippen LogP contribution in [0.4, 0.5) is 0 Å². The van der Waals surface area contributed by atoms with Crippen molar-refractivity contribution in [2.75, 3.05) is 0 Å². The van der Waals surface area contributed by atoms with E-state index in [9.17, 15) is 8.42 Å². The molecule has 0 amide bonds. The molecule has 2 aromatic heterocycles. The molecule has 0 fully saturated rings. The molecule has 2 aromatic rings. The molecule has 0 aliphatic heterocycles. The lowest BCUT2D eigenvalue weighted by molar-refractivity contribution is 0.597. The summed E-state index contributed by atoms with van der Waals surface area (Å²) in [6.45, 7) is 3.21. The monoisotopic (exact) mass is 226 g/mol. The Balaban J connectivity index is 2.71. The van der Waals surface area contributed by atoms with E-state index in [1.54, 1.807) is 0 Å². The lowest BCUT2D eigenvalue weighted by Gasteiger charge is -1.95. The number of fused-ring (bicyclic) bond motifs is 1. The maximum atomic E-state index is 11.3. The SMILES string of the molecule is C=CS(=O)(=O)c1ncc2ccsc2n1. The van der Waals surface area contributed by atoms with Gasteiger partial charge in [-0.05, 0) is 11.4 Å². The summed E-state index contributed by atoms with van der Waals surface area (Å²) in [5.41, 5.74) is 0. The number of hydrogen-bond donors (Lipinski definition) is 0. The Hall–Kier alpha value is -1.27. The van der Waals surface area contributed by atoms with Crippen molar-refractivity contribution in [2.45, 2.75) is 5.16 Å². The minimum absolute atomic E-state index is 0.192. The van der Waals surface area contributed by atoms with Gasteiger partial charge in [0.1, 0.15) is 4.83 Å². The highest BCUT2D eigenvalue weighted by Gasteiger charge is 2.13. The van der Waals surface area contributed by atoms with Gasteiger partial charge in [-0.25, -0.2) is 18.4 Å². The Bertz CT molecular complexity index is 586. The first-order valence-corrected chi connectivity index (χ1v) is 6.14. The van der Waals surface area contributed by atoms with Gasteiger partial charge in [-0.3, -0.25) is 0 Å². The molecule has 6 heteroatoms. The Labute approximate surface area is 84.9 Å². The van der Waals surface area contributed by atoms with Crippen LogP contribution in [0.15, 0.2) is 34.8 Å². The summed E-state index contributed by atoms with van der Waals surface area (Å²) in [6.07, 6.45) is 1.50. The van der Waals surface area contributed by atoms with Gasteiger partial charge in [0.05, 0.1) is 0 Å². The predicted octanol–water partition coefficient (Wildman–Crippen LogP) is 1.61. The standard InChI is InChI=1S/C8H6N2O2S2/c1-2-14(11,12)8-9-5-6-3-4-13-7(6)10-8/h2-5H,1H2. The van der Waals surface area contributed by atoms with E-state index in [0.29, 0.717) is 4.83 Å². The summed E-state index contributed by atoms with van der Waals surface area (Å²) in [5.74, 6) is 0. The molecule has 72 valence electrons. The van der Waals surface area contributed by atoms with Crippen molar-refractivity contribution in [3.8, 4) is 0 Å². The average molecular weight is 226 g/mol. The Kier molecular flexibility index (Phi) is 2.09. The minimum Gasteiger partial charge on any atom is -0.226 e. The highest BCUT2D eigenvalue weighted by atomic mass is 32.2. The number of aromatic nitrogens is 2. The van der Waals surface area contributed by atoms with E-state index >= 15 is 0 Å². The van der Waals surface area contributed by atoms with Crippen LogP contribution in [0.3, 0.4) is 0 Å². The largest absolute Gasteiger partial charge is 0.252 e. The van der Waals surface area contributed by atoms with Crippen LogP contribution in [0.1, 0.15) is 0 Å². The van der Waals surface area contributed by atoms with Crippen LogP contribution < -0.4 is 0 Å². The van der Waals surface area contributed by atoms with Crippen molar-refractivity contribution in [1.82, 2.24) is 9.97 Å². The second-order valence-corrected chi connectivity index (χ2v) is 5.23. The van der Waals surface area contributed by atoms with E-state index in [1.165, 1.54) is 17.5 Å². The summed E-state index contributed by atoms with van der Waals surface area (Å²) >= 11 is 1.38. The van der Waals surface area contributed by atoms with Crippen LogP contribution in [0.2, 0.25) is 0 Å². The molecule has 4 nitrogen and oxygen atoms in total. The van der Waals surface area contributed by atoms with Crippen molar-refractivity contribution >= 4 is 31.4 Å². The van der Waals surface area contributed by atoms with Gasteiger partial charge in [0.2, 0.25) is 9.84 Å². The van der Waals surface area contributed by atoms with Crippen molar-refractivity contribution in [3.63, 3.8) is 0 Å². The molecule has 0 N–H and O–H groups in total.